The molecule has 128 valence electrons. The Bertz CT molecular complexity index is 712. The van der Waals surface area contributed by atoms with E-state index >= 15 is 0 Å². The van der Waals surface area contributed by atoms with Crippen LogP contribution in [0, 0.1) is 19.8 Å². The van der Waals surface area contributed by atoms with Crippen molar-refractivity contribution in [2.24, 2.45) is 5.92 Å². The van der Waals surface area contributed by atoms with Gasteiger partial charge in [-0.15, -0.1) is 0 Å². The van der Waals surface area contributed by atoms with Crippen molar-refractivity contribution < 1.29 is 9.53 Å². The Kier molecular flexibility index (Phi) is 5.96. The SMILES string of the molecule is C=CCOc1ccc(C(=O)n2nc(C)c(CCC(C)C)c2C)cc1. The first-order chi connectivity index (χ1) is 11.4. The van der Waals surface area contributed by atoms with Gasteiger partial charge in [-0.2, -0.15) is 5.10 Å². The highest BCUT2D eigenvalue weighted by molar-refractivity contribution is 5.96. The van der Waals surface area contributed by atoms with Crippen molar-refractivity contribution in [1.29, 1.82) is 0 Å². The van der Waals surface area contributed by atoms with Gasteiger partial charge in [-0.05, 0) is 62.4 Å². The number of carbonyl (C=O) groups excluding carboxylic acids is 1. The van der Waals surface area contributed by atoms with Crippen molar-refractivity contribution >= 4 is 5.91 Å². The molecule has 0 amide bonds. The lowest BCUT2D eigenvalue weighted by Crippen LogP contribution is -2.15. The molecule has 0 bridgehead atoms. The molecule has 4 heteroatoms. The number of aromatic nitrogens is 2. The van der Waals surface area contributed by atoms with Gasteiger partial charge >= 0.3 is 0 Å². The first-order valence-electron chi connectivity index (χ1n) is 8.37. The molecule has 1 heterocycles. The predicted molar refractivity (Wildman–Crippen MR) is 96.7 cm³/mol. The van der Waals surface area contributed by atoms with E-state index in [1.807, 2.05) is 13.8 Å². The molecule has 1 aromatic carbocycles. The van der Waals surface area contributed by atoms with E-state index in [2.05, 4.69) is 25.5 Å². The third-order valence-corrected chi connectivity index (χ3v) is 4.07. The van der Waals surface area contributed by atoms with Gasteiger partial charge in [0.05, 0.1) is 5.69 Å². The lowest BCUT2D eigenvalue weighted by Gasteiger charge is -2.07. The van der Waals surface area contributed by atoms with Crippen molar-refractivity contribution in [2.75, 3.05) is 6.61 Å². The summed E-state index contributed by atoms with van der Waals surface area (Å²) in [5.74, 6) is 1.24. The lowest BCUT2D eigenvalue weighted by atomic mass is 10.0. The first-order valence-corrected chi connectivity index (χ1v) is 8.37. The fourth-order valence-corrected chi connectivity index (χ4v) is 2.64. The molecule has 0 aliphatic rings. The molecule has 0 radical (unpaired) electrons. The molecule has 24 heavy (non-hydrogen) atoms. The largest absolute Gasteiger partial charge is 0.490 e. The van der Waals surface area contributed by atoms with Crippen molar-refractivity contribution in [3.05, 3.63) is 59.4 Å². The Labute approximate surface area is 144 Å². The molecular formula is C20H26N2O2. The van der Waals surface area contributed by atoms with Gasteiger partial charge < -0.3 is 4.74 Å². The minimum atomic E-state index is -0.110. The van der Waals surface area contributed by atoms with Crippen LogP contribution in [0.4, 0.5) is 0 Å². The second-order valence-electron chi connectivity index (χ2n) is 6.42. The van der Waals surface area contributed by atoms with Gasteiger partial charge in [0.15, 0.2) is 0 Å². The summed E-state index contributed by atoms with van der Waals surface area (Å²) < 4.78 is 6.96. The molecule has 0 aliphatic heterocycles. The van der Waals surface area contributed by atoms with Gasteiger partial charge in [0.2, 0.25) is 0 Å². The number of aryl methyl sites for hydroxylation is 1. The fourth-order valence-electron chi connectivity index (χ4n) is 2.64. The summed E-state index contributed by atoms with van der Waals surface area (Å²) in [4.78, 5) is 12.7. The topological polar surface area (TPSA) is 44.1 Å². The summed E-state index contributed by atoms with van der Waals surface area (Å²) in [6, 6.07) is 7.13. The molecule has 0 atom stereocenters. The second-order valence-corrected chi connectivity index (χ2v) is 6.42. The van der Waals surface area contributed by atoms with Crippen LogP contribution in [0.3, 0.4) is 0 Å². The van der Waals surface area contributed by atoms with Crippen LogP contribution in [0.2, 0.25) is 0 Å². The average Bonchev–Trinajstić information content (AvgIpc) is 2.85. The molecule has 1 aromatic heterocycles. The van der Waals surface area contributed by atoms with E-state index in [4.69, 9.17) is 4.74 Å². The van der Waals surface area contributed by atoms with Crippen LogP contribution in [0.5, 0.6) is 5.75 Å². The summed E-state index contributed by atoms with van der Waals surface area (Å²) >= 11 is 0. The Morgan fingerprint density at radius 1 is 1.29 bits per heavy atom. The zero-order valence-corrected chi connectivity index (χ0v) is 15.0. The van der Waals surface area contributed by atoms with Crippen LogP contribution >= 0.6 is 0 Å². The molecule has 0 saturated heterocycles. The summed E-state index contributed by atoms with van der Waals surface area (Å²) in [7, 11) is 0. The highest BCUT2D eigenvalue weighted by Crippen LogP contribution is 2.19. The molecule has 0 unspecified atom stereocenters. The van der Waals surface area contributed by atoms with Crippen LogP contribution < -0.4 is 4.74 Å². The molecule has 0 fully saturated rings. The smallest absolute Gasteiger partial charge is 0.278 e. The number of carbonyl (C=O) groups is 1. The third-order valence-electron chi connectivity index (χ3n) is 4.07. The standard InChI is InChI=1S/C20H26N2O2/c1-6-13-24-18-10-8-17(9-11-18)20(23)22-16(5)19(15(4)21-22)12-7-14(2)3/h6,8-11,14H,1,7,12-13H2,2-5H3. The molecule has 2 aromatic rings. The monoisotopic (exact) mass is 326 g/mol. The Morgan fingerprint density at radius 2 is 1.96 bits per heavy atom. The Morgan fingerprint density at radius 3 is 2.54 bits per heavy atom. The van der Waals surface area contributed by atoms with E-state index in [0.717, 1.165) is 30.0 Å². The zero-order chi connectivity index (χ0) is 17.7. The average molecular weight is 326 g/mol. The Balaban J connectivity index is 2.20. The summed E-state index contributed by atoms with van der Waals surface area (Å²) in [5.41, 5.74) is 3.66. The van der Waals surface area contributed by atoms with Crippen LogP contribution in [0.25, 0.3) is 0 Å². The van der Waals surface area contributed by atoms with Crippen molar-refractivity contribution in [3.8, 4) is 5.75 Å². The molecule has 4 nitrogen and oxygen atoms in total. The van der Waals surface area contributed by atoms with E-state index in [1.54, 1.807) is 30.3 Å². The number of nitrogens with zero attached hydrogens (tertiary/aromatic N) is 2. The third kappa shape index (κ3) is 4.13. The van der Waals surface area contributed by atoms with Crippen LogP contribution in [0.15, 0.2) is 36.9 Å². The van der Waals surface area contributed by atoms with E-state index in [0.29, 0.717) is 18.1 Å². The number of benzene rings is 1. The minimum Gasteiger partial charge on any atom is -0.490 e. The lowest BCUT2D eigenvalue weighted by molar-refractivity contribution is 0.0942. The van der Waals surface area contributed by atoms with Crippen LogP contribution in [0.1, 0.15) is 47.6 Å². The zero-order valence-electron chi connectivity index (χ0n) is 15.0. The maximum Gasteiger partial charge on any atom is 0.278 e. The first kappa shape index (κ1) is 18.0. The number of hydrogen-bond acceptors (Lipinski definition) is 3. The number of ether oxygens (including phenoxy) is 1. The Hall–Kier alpha value is -2.36. The summed E-state index contributed by atoms with van der Waals surface area (Å²) in [6.45, 7) is 12.4. The van der Waals surface area contributed by atoms with Crippen LogP contribution in [-0.4, -0.2) is 22.3 Å². The van der Waals surface area contributed by atoms with Gasteiger partial charge in [0, 0.05) is 11.3 Å². The van der Waals surface area contributed by atoms with Gasteiger partial charge in [-0.25, -0.2) is 4.68 Å². The van der Waals surface area contributed by atoms with Gasteiger partial charge in [-0.1, -0.05) is 26.5 Å². The fraction of sp³-hybridized carbons (Fsp3) is 0.400. The van der Waals surface area contributed by atoms with Crippen molar-refractivity contribution in [3.63, 3.8) is 0 Å². The maximum atomic E-state index is 12.7. The summed E-state index contributed by atoms with van der Waals surface area (Å²) in [5, 5.41) is 4.46. The van der Waals surface area contributed by atoms with Gasteiger partial charge in [0.25, 0.3) is 5.91 Å². The molecule has 0 saturated carbocycles. The number of hydrogen-bond donors (Lipinski definition) is 0. The van der Waals surface area contributed by atoms with E-state index in [9.17, 15) is 4.79 Å². The second kappa shape index (κ2) is 7.95. The maximum absolute atomic E-state index is 12.7. The van der Waals surface area contributed by atoms with Gasteiger partial charge in [-0.3, -0.25) is 4.79 Å². The van der Waals surface area contributed by atoms with Crippen molar-refractivity contribution in [1.82, 2.24) is 9.78 Å². The highest BCUT2D eigenvalue weighted by atomic mass is 16.5. The molecular weight excluding hydrogens is 300 g/mol. The van der Waals surface area contributed by atoms with Gasteiger partial charge in [0.1, 0.15) is 12.4 Å². The van der Waals surface area contributed by atoms with E-state index in [-0.39, 0.29) is 5.91 Å². The van der Waals surface area contributed by atoms with Crippen molar-refractivity contribution in [2.45, 2.75) is 40.5 Å². The number of rotatable bonds is 7. The van der Waals surface area contributed by atoms with E-state index < -0.39 is 0 Å². The normalized spacial score (nSPS) is 10.9. The van der Waals surface area contributed by atoms with Crippen LogP contribution in [-0.2, 0) is 6.42 Å². The molecule has 0 N–H and O–H groups in total. The molecule has 2 rings (SSSR count). The molecule has 0 spiro atoms. The predicted octanol–water partition coefficient (Wildman–Crippen LogP) is 4.34. The quantitative estimate of drug-likeness (QED) is 0.711. The van der Waals surface area contributed by atoms with E-state index in [1.165, 1.54) is 10.2 Å². The minimum absolute atomic E-state index is 0.110. The summed E-state index contributed by atoms with van der Waals surface area (Å²) in [6.07, 6.45) is 3.74. The highest BCUT2D eigenvalue weighted by Gasteiger charge is 2.18. The molecule has 0 aliphatic carbocycles.